The molecule has 0 aliphatic carbocycles. The van der Waals surface area contributed by atoms with Crippen LogP contribution in [-0.2, 0) is 6.42 Å². The normalized spacial score (nSPS) is 12.5. The molecule has 1 unspecified atom stereocenters. The molecule has 0 heterocycles. The molecule has 0 bridgehead atoms. The molecule has 1 N–H and O–H groups in total. The first-order valence-corrected chi connectivity index (χ1v) is 6.55. The minimum absolute atomic E-state index is 0.118. The highest BCUT2D eigenvalue weighted by molar-refractivity contribution is 6.30. The van der Waals surface area contributed by atoms with Gasteiger partial charge in [0.05, 0.1) is 0 Å². The fourth-order valence-corrected chi connectivity index (χ4v) is 2.28. The molecule has 0 radical (unpaired) electrons. The predicted octanol–water partition coefficient (Wildman–Crippen LogP) is 4.40. The number of benzene rings is 2. The maximum Gasteiger partial charge on any atom is 0.194 e. The van der Waals surface area contributed by atoms with Crippen LogP contribution in [0.15, 0.2) is 30.3 Å². The maximum atomic E-state index is 13.7. The van der Waals surface area contributed by atoms with Gasteiger partial charge < -0.3 is 5.32 Å². The molecule has 0 aromatic heterocycles. The zero-order valence-electron chi connectivity index (χ0n) is 11.1. The van der Waals surface area contributed by atoms with Crippen LogP contribution in [-0.4, -0.2) is 7.05 Å². The highest BCUT2D eigenvalue weighted by Gasteiger charge is 2.18. The third-order valence-electron chi connectivity index (χ3n) is 3.19. The summed E-state index contributed by atoms with van der Waals surface area (Å²) in [6.07, 6.45) is 0.118. The molecule has 0 spiro atoms. The van der Waals surface area contributed by atoms with Crippen LogP contribution in [0.1, 0.15) is 17.2 Å². The zero-order chi connectivity index (χ0) is 15.6. The second kappa shape index (κ2) is 6.45. The van der Waals surface area contributed by atoms with E-state index in [1.807, 2.05) is 0 Å². The van der Waals surface area contributed by atoms with E-state index in [2.05, 4.69) is 5.32 Å². The smallest absolute Gasteiger partial charge is 0.194 e. The average molecular weight is 318 g/mol. The van der Waals surface area contributed by atoms with Crippen molar-refractivity contribution in [3.8, 4) is 0 Å². The predicted molar refractivity (Wildman–Crippen MR) is 73.2 cm³/mol. The first kappa shape index (κ1) is 15.8. The van der Waals surface area contributed by atoms with Crippen molar-refractivity contribution in [3.05, 3.63) is 69.8 Å². The lowest BCUT2D eigenvalue weighted by Gasteiger charge is -2.18. The van der Waals surface area contributed by atoms with Crippen LogP contribution < -0.4 is 5.32 Å². The fraction of sp³-hybridized carbons (Fsp3) is 0.200. The SMILES string of the molecule is CNC(Cc1cc(Cl)ccc1F)c1cc(F)c(F)c(F)c1. The van der Waals surface area contributed by atoms with Crippen LogP contribution in [0, 0.1) is 23.3 Å². The van der Waals surface area contributed by atoms with Gasteiger partial charge in [-0.3, -0.25) is 0 Å². The van der Waals surface area contributed by atoms with Gasteiger partial charge >= 0.3 is 0 Å². The van der Waals surface area contributed by atoms with Gasteiger partial charge in [0.1, 0.15) is 5.82 Å². The molecule has 0 fully saturated rings. The van der Waals surface area contributed by atoms with Crippen LogP contribution in [0.25, 0.3) is 0 Å². The van der Waals surface area contributed by atoms with Crippen LogP contribution in [0.3, 0.4) is 0 Å². The third kappa shape index (κ3) is 3.54. The molecule has 2 rings (SSSR count). The summed E-state index contributed by atoms with van der Waals surface area (Å²) >= 11 is 5.80. The van der Waals surface area contributed by atoms with E-state index < -0.39 is 29.3 Å². The van der Waals surface area contributed by atoms with Gasteiger partial charge in [0.2, 0.25) is 0 Å². The summed E-state index contributed by atoms with van der Waals surface area (Å²) in [5, 5.41) is 3.18. The number of hydrogen-bond acceptors (Lipinski definition) is 1. The Hall–Kier alpha value is -1.59. The van der Waals surface area contributed by atoms with E-state index in [4.69, 9.17) is 11.6 Å². The Morgan fingerprint density at radius 3 is 2.19 bits per heavy atom. The van der Waals surface area contributed by atoms with Crippen molar-refractivity contribution < 1.29 is 17.6 Å². The van der Waals surface area contributed by atoms with Crippen molar-refractivity contribution in [1.29, 1.82) is 0 Å². The van der Waals surface area contributed by atoms with Crippen LogP contribution in [0.5, 0.6) is 0 Å². The van der Waals surface area contributed by atoms with Crippen LogP contribution in [0.4, 0.5) is 17.6 Å². The summed E-state index contributed by atoms with van der Waals surface area (Å²) in [4.78, 5) is 0. The number of hydrogen-bond donors (Lipinski definition) is 1. The first-order valence-electron chi connectivity index (χ1n) is 6.18. The molecule has 0 saturated carbocycles. The van der Waals surface area contributed by atoms with E-state index in [0.29, 0.717) is 10.6 Å². The molecule has 0 amide bonds. The molecule has 112 valence electrons. The van der Waals surface area contributed by atoms with Gasteiger partial charge in [0.15, 0.2) is 17.5 Å². The Morgan fingerprint density at radius 1 is 1.00 bits per heavy atom. The lowest BCUT2D eigenvalue weighted by atomic mass is 9.98. The number of likely N-dealkylation sites (N-methyl/N-ethyl adjacent to an activating group) is 1. The summed E-state index contributed by atoms with van der Waals surface area (Å²) in [7, 11) is 1.56. The van der Waals surface area contributed by atoms with E-state index >= 15 is 0 Å². The monoisotopic (exact) mass is 317 g/mol. The topological polar surface area (TPSA) is 12.0 Å². The van der Waals surface area contributed by atoms with E-state index in [-0.39, 0.29) is 12.0 Å². The Bertz CT molecular complexity index is 637. The minimum atomic E-state index is -1.53. The molecule has 0 aliphatic rings. The second-order valence-corrected chi connectivity index (χ2v) is 5.02. The van der Waals surface area contributed by atoms with Crippen molar-refractivity contribution >= 4 is 11.6 Å². The summed E-state index contributed by atoms with van der Waals surface area (Å²) < 4.78 is 53.2. The highest BCUT2D eigenvalue weighted by Crippen LogP contribution is 2.25. The Kier molecular flexibility index (Phi) is 4.85. The first-order chi connectivity index (χ1) is 9.92. The molecule has 2 aromatic rings. The molecule has 0 saturated heterocycles. The molecule has 0 aliphatic heterocycles. The highest BCUT2D eigenvalue weighted by atomic mass is 35.5. The molecule has 21 heavy (non-hydrogen) atoms. The Morgan fingerprint density at radius 2 is 1.62 bits per heavy atom. The maximum absolute atomic E-state index is 13.7. The second-order valence-electron chi connectivity index (χ2n) is 4.58. The summed E-state index contributed by atoms with van der Waals surface area (Å²) in [6.45, 7) is 0. The summed E-state index contributed by atoms with van der Waals surface area (Å²) in [6, 6.07) is 5.27. The van der Waals surface area contributed by atoms with Gasteiger partial charge in [0, 0.05) is 11.1 Å². The van der Waals surface area contributed by atoms with E-state index in [0.717, 1.165) is 12.1 Å². The van der Waals surface area contributed by atoms with Crippen molar-refractivity contribution in [2.45, 2.75) is 12.5 Å². The molecular formula is C15H12ClF4N. The van der Waals surface area contributed by atoms with Gasteiger partial charge in [-0.15, -0.1) is 0 Å². The zero-order valence-corrected chi connectivity index (χ0v) is 11.8. The third-order valence-corrected chi connectivity index (χ3v) is 3.42. The molecule has 6 heteroatoms. The number of nitrogens with one attached hydrogen (secondary N) is 1. The lowest BCUT2D eigenvalue weighted by molar-refractivity contribution is 0.440. The molecule has 1 nitrogen and oxygen atoms in total. The van der Waals surface area contributed by atoms with Gasteiger partial charge in [-0.1, -0.05) is 11.6 Å². The number of rotatable bonds is 4. The molecule has 1 atom stereocenters. The standard InChI is InChI=1S/C15H12ClF4N/c1-21-14(7-8-4-10(16)2-3-11(8)17)9-5-12(18)15(20)13(19)6-9/h2-6,14,21H,7H2,1H3. The minimum Gasteiger partial charge on any atom is -0.313 e. The number of halogens is 5. The average Bonchev–Trinajstić information content (AvgIpc) is 2.45. The van der Waals surface area contributed by atoms with Gasteiger partial charge in [-0.05, 0) is 54.9 Å². The summed E-state index contributed by atoms with van der Waals surface area (Å²) in [5.41, 5.74) is 0.486. The van der Waals surface area contributed by atoms with Crippen LogP contribution >= 0.6 is 11.6 Å². The largest absolute Gasteiger partial charge is 0.313 e. The van der Waals surface area contributed by atoms with Gasteiger partial charge in [-0.25, -0.2) is 17.6 Å². The van der Waals surface area contributed by atoms with Gasteiger partial charge in [-0.2, -0.15) is 0 Å². The molecule has 2 aromatic carbocycles. The van der Waals surface area contributed by atoms with Crippen molar-refractivity contribution in [2.24, 2.45) is 0 Å². The van der Waals surface area contributed by atoms with Crippen molar-refractivity contribution in [2.75, 3.05) is 7.05 Å². The lowest BCUT2D eigenvalue weighted by Crippen LogP contribution is -2.20. The quantitative estimate of drug-likeness (QED) is 0.651. The van der Waals surface area contributed by atoms with Crippen molar-refractivity contribution in [3.63, 3.8) is 0 Å². The molecular weight excluding hydrogens is 306 g/mol. The summed E-state index contributed by atoms with van der Waals surface area (Å²) in [5.74, 6) is -4.56. The van der Waals surface area contributed by atoms with E-state index in [1.165, 1.54) is 18.2 Å². The van der Waals surface area contributed by atoms with E-state index in [9.17, 15) is 17.6 Å². The fourth-order valence-electron chi connectivity index (χ4n) is 2.08. The van der Waals surface area contributed by atoms with Gasteiger partial charge in [0.25, 0.3) is 0 Å². The Balaban J connectivity index is 2.34. The van der Waals surface area contributed by atoms with Crippen molar-refractivity contribution in [1.82, 2.24) is 5.32 Å². The van der Waals surface area contributed by atoms with Crippen LogP contribution in [0.2, 0.25) is 5.02 Å². The van der Waals surface area contributed by atoms with E-state index in [1.54, 1.807) is 7.05 Å². The Labute approximate surface area is 124 Å².